The Kier molecular flexibility index (Phi) is 5.30. The van der Waals surface area contributed by atoms with Crippen LogP contribution in [0.25, 0.3) is 0 Å². The molecule has 8 heteroatoms. The first-order chi connectivity index (χ1) is 12.5. The van der Waals surface area contributed by atoms with Gasteiger partial charge < -0.3 is 14.2 Å². The van der Waals surface area contributed by atoms with Crippen LogP contribution in [0, 0.1) is 11.3 Å². The molecule has 7 nitrogen and oxygen atoms in total. The van der Waals surface area contributed by atoms with Crippen LogP contribution in [0.4, 0.5) is 0 Å². The van der Waals surface area contributed by atoms with Gasteiger partial charge in [-0.15, -0.1) is 0 Å². The van der Waals surface area contributed by atoms with E-state index in [2.05, 4.69) is 6.07 Å². The summed E-state index contributed by atoms with van der Waals surface area (Å²) in [5, 5.41) is 10.6. The molecule has 1 atom stereocenters. The Balaban J connectivity index is 2.10. The van der Waals surface area contributed by atoms with E-state index in [9.17, 15) is 10.1 Å². The summed E-state index contributed by atoms with van der Waals surface area (Å²) in [4.78, 5) is 16.4. The Morgan fingerprint density at radius 1 is 1.19 bits per heavy atom. The highest BCUT2D eigenvalue weighted by Crippen LogP contribution is 2.46. The number of hydrogen-bond donors (Lipinski definition) is 0. The summed E-state index contributed by atoms with van der Waals surface area (Å²) >= 11 is 1.52. The van der Waals surface area contributed by atoms with Crippen molar-refractivity contribution in [2.75, 3.05) is 40.9 Å². The molecule has 2 heterocycles. The van der Waals surface area contributed by atoms with E-state index in [0.717, 1.165) is 16.5 Å². The highest BCUT2D eigenvalue weighted by atomic mass is 32.2. The summed E-state index contributed by atoms with van der Waals surface area (Å²) in [5.74, 6) is 1.93. The second-order valence-corrected chi connectivity index (χ2v) is 7.07. The van der Waals surface area contributed by atoms with Crippen LogP contribution in [0.15, 0.2) is 22.7 Å². The molecule has 26 heavy (non-hydrogen) atoms. The van der Waals surface area contributed by atoms with E-state index in [4.69, 9.17) is 14.2 Å². The minimum Gasteiger partial charge on any atom is -0.493 e. The largest absolute Gasteiger partial charge is 0.493 e. The van der Waals surface area contributed by atoms with Gasteiger partial charge in [0.2, 0.25) is 11.7 Å². The number of fused-ring (bicyclic) bond motifs is 1. The van der Waals surface area contributed by atoms with Crippen molar-refractivity contribution in [1.29, 1.82) is 5.26 Å². The zero-order valence-electron chi connectivity index (χ0n) is 15.2. The van der Waals surface area contributed by atoms with Crippen LogP contribution >= 0.6 is 11.8 Å². The third-order valence-corrected chi connectivity index (χ3v) is 5.80. The lowest BCUT2D eigenvalue weighted by Gasteiger charge is -2.40. The minimum absolute atomic E-state index is 0.0109. The van der Waals surface area contributed by atoms with Crippen molar-refractivity contribution in [3.63, 3.8) is 0 Å². The number of amides is 1. The monoisotopic (exact) mass is 375 g/mol. The van der Waals surface area contributed by atoms with Crippen molar-refractivity contribution in [1.82, 2.24) is 9.80 Å². The maximum absolute atomic E-state index is 12.7. The fraction of sp³-hybridized carbons (Fsp3) is 0.444. The molecule has 0 saturated carbocycles. The molecule has 2 aliphatic rings. The Morgan fingerprint density at radius 2 is 1.85 bits per heavy atom. The van der Waals surface area contributed by atoms with Crippen molar-refractivity contribution in [3.8, 4) is 23.3 Å². The number of hydrogen-bond acceptors (Lipinski definition) is 7. The second-order valence-electron chi connectivity index (χ2n) is 6.14. The number of nitrogens with zero attached hydrogens (tertiary/aromatic N) is 3. The first-order valence-corrected chi connectivity index (χ1v) is 9.08. The van der Waals surface area contributed by atoms with E-state index in [1.807, 2.05) is 24.1 Å². The zero-order valence-corrected chi connectivity index (χ0v) is 16.1. The van der Waals surface area contributed by atoms with Gasteiger partial charge in [0.05, 0.1) is 50.5 Å². The Hall–Kier alpha value is -2.37. The standard InChI is InChI=1S/C18H21N3O4S/c1-20-9-21-16(22)7-12(13(8-19)18(21)26-10-20)11-5-14(23-2)17(25-4)15(6-11)24-3/h5-6,12H,7,9-10H2,1-4H3/t12-/m0/s1. The molecule has 2 aliphatic heterocycles. The van der Waals surface area contributed by atoms with E-state index < -0.39 is 0 Å². The number of carbonyl (C=O) groups excluding carboxylic acids is 1. The number of carbonyl (C=O) groups is 1. The molecule has 1 saturated heterocycles. The molecule has 0 aromatic heterocycles. The molecule has 0 spiro atoms. The van der Waals surface area contributed by atoms with Crippen LogP contribution in [0.5, 0.6) is 17.2 Å². The number of thioether (sulfide) groups is 1. The van der Waals surface area contributed by atoms with E-state index in [1.165, 1.54) is 11.8 Å². The van der Waals surface area contributed by atoms with Gasteiger partial charge in [-0.25, -0.2) is 0 Å². The average molecular weight is 375 g/mol. The quantitative estimate of drug-likeness (QED) is 0.800. The molecule has 0 radical (unpaired) electrons. The molecule has 0 unspecified atom stereocenters. The van der Waals surface area contributed by atoms with Crippen LogP contribution < -0.4 is 14.2 Å². The van der Waals surface area contributed by atoms with Gasteiger partial charge in [0, 0.05) is 12.3 Å². The second kappa shape index (κ2) is 7.48. The van der Waals surface area contributed by atoms with Gasteiger partial charge in [0.15, 0.2) is 11.5 Å². The topological polar surface area (TPSA) is 75.0 Å². The predicted octanol–water partition coefficient (Wildman–Crippen LogP) is 2.36. The van der Waals surface area contributed by atoms with E-state index in [1.54, 1.807) is 26.2 Å². The first-order valence-electron chi connectivity index (χ1n) is 8.09. The van der Waals surface area contributed by atoms with Gasteiger partial charge >= 0.3 is 0 Å². The SMILES string of the molecule is COc1cc([C@@H]2CC(=O)N3CN(C)CSC3=C2C#N)cc(OC)c1OC. The fourth-order valence-corrected chi connectivity index (χ4v) is 4.34. The number of nitriles is 1. The fourth-order valence-electron chi connectivity index (χ4n) is 3.26. The zero-order chi connectivity index (χ0) is 18.8. The van der Waals surface area contributed by atoms with Crippen molar-refractivity contribution in [3.05, 3.63) is 28.3 Å². The number of rotatable bonds is 4. The summed E-state index contributed by atoms with van der Waals surface area (Å²) < 4.78 is 16.2. The molecule has 1 amide bonds. The van der Waals surface area contributed by atoms with E-state index in [0.29, 0.717) is 29.5 Å². The summed E-state index contributed by atoms with van der Waals surface area (Å²) in [6.45, 7) is 0.508. The maximum atomic E-state index is 12.7. The minimum atomic E-state index is -0.330. The van der Waals surface area contributed by atoms with Crippen molar-refractivity contribution in [2.45, 2.75) is 12.3 Å². The molecule has 1 aromatic carbocycles. The molecule has 0 bridgehead atoms. The number of ether oxygens (including phenoxy) is 3. The molecule has 1 aromatic rings. The van der Waals surface area contributed by atoms with Gasteiger partial charge in [-0.1, -0.05) is 11.8 Å². The smallest absolute Gasteiger partial charge is 0.229 e. The normalized spacial score (nSPS) is 20.5. The van der Waals surface area contributed by atoms with Gasteiger partial charge in [-0.3, -0.25) is 14.6 Å². The van der Waals surface area contributed by atoms with Crippen molar-refractivity contribution < 1.29 is 19.0 Å². The molecular weight excluding hydrogens is 354 g/mol. The lowest BCUT2D eigenvalue weighted by Crippen LogP contribution is -2.45. The lowest BCUT2D eigenvalue weighted by molar-refractivity contribution is -0.131. The first kappa shape index (κ1) is 18.4. The predicted molar refractivity (Wildman–Crippen MR) is 98.0 cm³/mol. The molecular formula is C18H21N3O4S. The van der Waals surface area contributed by atoms with E-state index in [-0.39, 0.29) is 18.2 Å². The van der Waals surface area contributed by atoms with Crippen LogP contribution in [0.3, 0.4) is 0 Å². The molecule has 3 rings (SSSR count). The number of benzene rings is 1. The Bertz CT molecular complexity index is 777. The molecule has 1 fully saturated rings. The Labute approximate surface area is 157 Å². The van der Waals surface area contributed by atoms with Crippen molar-refractivity contribution >= 4 is 17.7 Å². The van der Waals surface area contributed by atoms with Crippen LogP contribution in [-0.2, 0) is 4.79 Å². The Morgan fingerprint density at radius 3 is 2.38 bits per heavy atom. The average Bonchev–Trinajstić information content (AvgIpc) is 2.66. The summed E-state index contributed by atoms with van der Waals surface area (Å²) in [7, 11) is 6.59. The lowest BCUT2D eigenvalue weighted by atomic mass is 9.86. The summed E-state index contributed by atoms with van der Waals surface area (Å²) in [6.07, 6.45) is 0.236. The third kappa shape index (κ3) is 3.08. The van der Waals surface area contributed by atoms with Gasteiger partial charge in [-0.05, 0) is 24.7 Å². The van der Waals surface area contributed by atoms with Gasteiger partial charge in [-0.2, -0.15) is 5.26 Å². The van der Waals surface area contributed by atoms with Crippen molar-refractivity contribution in [2.24, 2.45) is 0 Å². The summed E-state index contributed by atoms with van der Waals surface area (Å²) in [5.41, 5.74) is 1.41. The maximum Gasteiger partial charge on any atom is 0.229 e. The molecule has 0 N–H and O–H groups in total. The van der Waals surface area contributed by atoms with Crippen LogP contribution in [0.1, 0.15) is 17.9 Å². The van der Waals surface area contributed by atoms with Crippen LogP contribution in [0.2, 0.25) is 0 Å². The highest BCUT2D eigenvalue weighted by Gasteiger charge is 2.38. The summed E-state index contributed by atoms with van der Waals surface area (Å²) in [6, 6.07) is 5.95. The third-order valence-electron chi connectivity index (χ3n) is 4.52. The van der Waals surface area contributed by atoms with Gasteiger partial charge in [0.25, 0.3) is 0 Å². The van der Waals surface area contributed by atoms with Gasteiger partial charge in [0.1, 0.15) is 0 Å². The number of allylic oxidation sites excluding steroid dienone is 1. The highest BCUT2D eigenvalue weighted by molar-refractivity contribution is 8.03. The molecule has 0 aliphatic carbocycles. The molecule has 138 valence electrons. The van der Waals surface area contributed by atoms with E-state index >= 15 is 0 Å². The number of methoxy groups -OCH3 is 3. The van der Waals surface area contributed by atoms with Crippen LogP contribution in [-0.4, -0.2) is 56.6 Å².